The molecule has 0 aliphatic heterocycles. The number of ether oxygens (including phenoxy) is 2. The lowest BCUT2D eigenvalue weighted by atomic mass is 10.1. The molecule has 0 saturated carbocycles. The third kappa shape index (κ3) is 6.16. The van der Waals surface area contributed by atoms with E-state index in [-0.39, 0.29) is 23.2 Å². The minimum absolute atomic E-state index is 0.0459. The van der Waals surface area contributed by atoms with Crippen molar-refractivity contribution in [3.05, 3.63) is 66.3 Å². The van der Waals surface area contributed by atoms with E-state index in [0.29, 0.717) is 5.69 Å². The van der Waals surface area contributed by atoms with Crippen LogP contribution in [0.2, 0.25) is 0 Å². The highest BCUT2D eigenvalue weighted by molar-refractivity contribution is 5.85. The number of nitrogens with zero attached hydrogens (tertiary/aromatic N) is 4. The molecular weight excluding hydrogens is 425 g/mol. The summed E-state index contributed by atoms with van der Waals surface area (Å²) < 4.78 is 51.7. The second-order valence-electron chi connectivity index (χ2n) is 7.11. The Kier molecular flexibility index (Phi) is 6.92. The number of carbonyl (C=O) groups excluding carboxylic acids is 1. The maximum atomic E-state index is 13.3. The fraction of sp³-hybridized carbons (Fsp3) is 0.273. The minimum atomic E-state index is -4.55. The molecule has 168 valence electrons. The molecule has 0 aliphatic carbocycles. The third-order valence-electron chi connectivity index (χ3n) is 4.13. The van der Waals surface area contributed by atoms with Crippen molar-refractivity contribution in [3.63, 3.8) is 0 Å². The van der Waals surface area contributed by atoms with Crippen LogP contribution in [-0.2, 0) is 15.7 Å². The Morgan fingerprint density at radius 3 is 2.56 bits per heavy atom. The normalized spacial score (nSPS) is 12.8. The van der Waals surface area contributed by atoms with Gasteiger partial charge in [0.15, 0.2) is 5.82 Å². The lowest BCUT2D eigenvalue weighted by molar-refractivity contribution is -0.142. The Hall–Kier alpha value is -3.69. The summed E-state index contributed by atoms with van der Waals surface area (Å²) in [5.41, 5.74) is -0.139. The lowest BCUT2D eigenvalue weighted by Gasteiger charge is -2.14. The van der Waals surface area contributed by atoms with E-state index in [2.05, 4.69) is 15.1 Å². The van der Waals surface area contributed by atoms with E-state index in [4.69, 9.17) is 9.47 Å². The van der Waals surface area contributed by atoms with Gasteiger partial charge in [-0.25, -0.2) is 14.5 Å². The van der Waals surface area contributed by atoms with Crippen molar-refractivity contribution in [1.82, 2.24) is 19.7 Å². The van der Waals surface area contributed by atoms with Gasteiger partial charge in [-0.2, -0.15) is 13.2 Å². The van der Waals surface area contributed by atoms with Gasteiger partial charge in [-0.15, -0.1) is 5.10 Å². The minimum Gasteiger partial charge on any atom is -0.491 e. The molecule has 10 heteroatoms. The van der Waals surface area contributed by atoms with Gasteiger partial charge >= 0.3 is 12.1 Å². The maximum absolute atomic E-state index is 13.3. The van der Waals surface area contributed by atoms with E-state index in [0.717, 1.165) is 18.2 Å². The number of pyridine rings is 1. The fourth-order valence-electron chi connectivity index (χ4n) is 2.74. The van der Waals surface area contributed by atoms with E-state index in [1.807, 2.05) is 0 Å². The molecule has 32 heavy (non-hydrogen) atoms. The molecule has 0 N–H and O–H groups in total. The summed E-state index contributed by atoms with van der Waals surface area (Å²) >= 11 is 0. The third-order valence-corrected chi connectivity index (χ3v) is 4.13. The van der Waals surface area contributed by atoms with Crippen molar-refractivity contribution in [2.24, 2.45) is 0 Å². The fourth-order valence-corrected chi connectivity index (χ4v) is 2.74. The first-order valence-electron chi connectivity index (χ1n) is 9.72. The molecule has 7 nitrogen and oxygen atoms in total. The van der Waals surface area contributed by atoms with E-state index < -0.39 is 23.8 Å². The quantitative estimate of drug-likeness (QED) is 0.379. The van der Waals surface area contributed by atoms with Gasteiger partial charge in [0, 0.05) is 24.0 Å². The summed E-state index contributed by atoms with van der Waals surface area (Å²) in [5, 5.41) is 4.11. The van der Waals surface area contributed by atoms with Crippen molar-refractivity contribution in [2.45, 2.75) is 39.2 Å². The zero-order valence-corrected chi connectivity index (χ0v) is 17.6. The van der Waals surface area contributed by atoms with Crippen molar-refractivity contribution >= 4 is 12.2 Å². The van der Waals surface area contributed by atoms with Crippen molar-refractivity contribution in [3.8, 4) is 17.1 Å². The Morgan fingerprint density at radius 1 is 1.12 bits per heavy atom. The van der Waals surface area contributed by atoms with Gasteiger partial charge in [-0.3, -0.25) is 4.98 Å². The Bertz CT molecular complexity index is 1100. The summed E-state index contributed by atoms with van der Waals surface area (Å²) in [6, 6.07) is 8.57. The van der Waals surface area contributed by atoms with Gasteiger partial charge < -0.3 is 9.47 Å². The number of halogens is 3. The van der Waals surface area contributed by atoms with Crippen LogP contribution in [0.25, 0.3) is 17.6 Å². The highest BCUT2D eigenvalue weighted by atomic mass is 19.4. The van der Waals surface area contributed by atoms with E-state index in [9.17, 15) is 18.0 Å². The number of esters is 1. The number of alkyl halides is 3. The molecule has 0 bridgehead atoms. The predicted octanol–water partition coefficient (Wildman–Crippen LogP) is 4.92. The van der Waals surface area contributed by atoms with Crippen molar-refractivity contribution < 1.29 is 27.4 Å². The highest BCUT2D eigenvalue weighted by Gasteiger charge is 2.32. The average molecular weight is 446 g/mol. The molecule has 3 rings (SSSR count). The van der Waals surface area contributed by atoms with Crippen LogP contribution in [0.3, 0.4) is 0 Å². The first kappa shape index (κ1) is 23.0. The van der Waals surface area contributed by atoms with Gasteiger partial charge in [0.1, 0.15) is 18.2 Å². The maximum Gasteiger partial charge on any atom is 0.416 e. The van der Waals surface area contributed by atoms with Gasteiger partial charge in [-0.05, 0) is 51.1 Å². The molecule has 1 aromatic carbocycles. The van der Waals surface area contributed by atoms with Gasteiger partial charge in [-0.1, -0.05) is 6.07 Å². The van der Waals surface area contributed by atoms with E-state index in [1.54, 1.807) is 45.2 Å². The SMILES string of the molecule is CC(C)Oc1cc(-c2ncn(C=CC(=O)O[C@@H](C)c3ccccn3)n2)cc(C(F)(F)F)c1. The summed E-state index contributed by atoms with van der Waals surface area (Å²) in [6.45, 7) is 5.11. The van der Waals surface area contributed by atoms with Crippen LogP contribution in [-0.4, -0.2) is 31.8 Å². The molecule has 3 aromatic rings. The summed E-state index contributed by atoms with van der Waals surface area (Å²) in [4.78, 5) is 20.2. The molecule has 0 spiro atoms. The van der Waals surface area contributed by atoms with Crippen LogP contribution in [0.1, 0.15) is 38.1 Å². The predicted molar refractivity (Wildman–Crippen MR) is 110 cm³/mol. The van der Waals surface area contributed by atoms with Crippen LogP contribution in [0.5, 0.6) is 5.75 Å². The summed E-state index contributed by atoms with van der Waals surface area (Å²) in [7, 11) is 0. The molecule has 0 amide bonds. The molecule has 0 fully saturated rings. The van der Waals surface area contributed by atoms with E-state index >= 15 is 0 Å². The van der Waals surface area contributed by atoms with Crippen LogP contribution in [0, 0.1) is 0 Å². The summed E-state index contributed by atoms with van der Waals surface area (Å²) in [5.74, 6) is -0.528. The zero-order chi connectivity index (χ0) is 23.3. The number of benzene rings is 1. The monoisotopic (exact) mass is 446 g/mol. The molecule has 1 atom stereocenters. The number of aromatic nitrogens is 4. The molecule has 2 aromatic heterocycles. The molecule has 0 unspecified atom stereocenters. The van der Waals surface area contributed by atoms with Crippen molar-refractivity contribution in [2.75, 3.05) is 0 Å². The number of carbonyl (C=O) groups is 1. The first-order chi connectivity index (χ1) is 15.1. The van der Waals surface area contributed by atoms with Gasteiger partial charge in [0.2, 0.25) is 0 Å². The number of rotatable bonds is 7. The first-order valence-corrected chi connectivity index (χ1v) is 9.72. The summed E-state index contributed by atoms with van der Waals surface area (Å²) in [6.07, 6.45) is -0.117. The van der Waals surface area contributed by atoms with Crippen molar-refractivity contribution in [1.29, 1.82) is 0 Å². The standard InChI is InChI=1S/C22H21F3N4O3/c1-14(2)31-18-11-16(10-17(12-18)22(23,24)25)21-27-13-29(28-21)9-7-20(30)32-15(3)19-6-4-5-8-26-19/h4-15H,1-3H3/t15-/m0/s1. The lowest BCUT2D eigenvalue weighted by Crippen LogP contribution is -2.09. The second kappa shape index (κ2) is 9.63. The topological polar surface area (TPSA) is 79.1 Å². The van der Waals surface area contributed by atoms with Gasteiger partial charge in [0.25, 0.3) is 0 Å². The molecule has 0 radical (unpaired) electrons. The largest absolute Gasteiger partial charge is 0.491 e. The molecule has 2 heterocycles. The van der Waals surface area contributed by atoms with Crippen LogP contribution < -0.4 is 4.74 Å². The Balaban J connectivity index is 1.75. The van der Waals surface area contributed by atoms with Crippen LogP contribution >= 0.6 is 0 Å². The zero-order valence-electron chi connectivity index (χ0n) is 17.6. The number of hydrogen-bond acceptors (Lipinski definition) is 6. The molecule has 0 saturated heterocycles. The van der Waals surface area contributed by atoms with Crippen LogP contribution in [0.15, 0.2) is 55.0 Å². The Morgan fingerprint density at radius 2 is 1.91 bits per heavy atom. The Labute approximate surface area is 182 Å². The van der Waals surface area contributed by atoms with E-state index in [1.165, 1.54) is 23.3 Å². The van der Waals surface area contributed by atoms with Gasteiger partial charge in [0.05, 0.1) is 17.4 Å². The average Bonchev–Trinajstić information content (AvgIpc) is 3.21. The van der Waals surface area contributed by atoms with Crippen LogP contribution in [0.4, 0.5) is 13.2 Å². The molecular formula is C22H21F3N4O3. The smallest absolute Gasteiger partial charge is 0.416 e. The second-order valence-corrected chi connectivity index (χ2v) is 7.11. The molecule has 0 aliphatic rings. The number of hydrogen-bond donors (Lipinski definition) is 0. The highest BCUT2D eigenvalue weighted by Crippen LogP contribution is 2.35.